The zero-order valence-corrected chi connectivity index (χ0v) is 16.4. The van der Waals surface area contributed by atoms with Gasteiger partial charge in [-0.15, -0.1) is 0 Å². The maximum Gasteiger partial charge on any atom is 0.274 e. The molecule has 4 rings (SSSR count). The summed E-state index contributed by atoms with van der Waals surface area (Å²) < 4.78 is 26.1. The Hall–Kier alpha value is -2.67. The number of hydrogen-bond acceptors (Lipinski definition) is 5. The van der Waals surface area contributed by atoms with E-state index in [1.54, 1.807) is 11.0 Å². The van der Waals surface area contributed by atoms with Crippen molar-refractivity contribution in [1.82, 2.24) is 9.88 Å². The number of aromatic nitrogens is 1. The summed E-state index contributed by atoms with van der Waals surface area (Å²) in [6.45, 7) is 3.26. The third-order valence-corrected chi connectivity index (χ3v) is 5.71. The van der Waals surface area contributed by atoms with Crippen LogP contribution in [0.15, 0.2) is 42.5 Å². The molecular formula is C21H21FN2O3S. The summed E-state index contributed by atoms with van der Waals surface area (Å²) in [5, 5.41) is 0.479. The highest BCUT2D eigenvalue weighted by atomic mass is 32.1. The summed E-state index contributed by atoms with van der Waals surface area (Å²) in [7, 11) is 0. The normalized spacial score (nSPS) is 15.0. The highest BCUT2D eigenvalue weighted by Crippen LogP contribution is 2.31. The summed E-state index contributed by atoms with van der Waals surface area (Å²) in [5.41, 5.74) is 1.50. The second kappa shape index (κ2) is 8.14. The highest BCUT2D eigenvalue weighted by Gasteiger charge is 2.25. The highest BCUT2D eigenvalue weighted by molar-refractivity contribution is 7.20. The number of rotatable bonds is 5. The molecule has 1 fully saturated rings. The van der Waals surface area contributed by atoms with Crippen molar-refractivity contribution in [1.29, 1.82) is 0 Å². The molecule has 146 valence electrons. The number of amides is 1. The molecule has 0 N–H and O–H groups in total. The van der Waals surface area contributed by atoms with E-state index in [1.165, 1.54) is 17.4 Å². The fourth-order valence-corrected chi connectivity index (χ4v) is 4.08. The predicted molar refractivity (Wildman–Crippen MR) is 106 cm³/mol. The van der Waals surface area contributed by atoms with Crippen LogP contribution < -0.4 is 9.47 Å². The Morgan fingerprint density at radius 1 is 1.21 bits per heavy atom. The number of aryl methyl sites for hydroxylation is 1. The van der Waals surface area contributed by atoms with Crippen molar-refractivity contribution in [3.05, 3.63) is 53.8 Å². The molecule has 0 saturated carbocycles. The van der Waals surface area contributed by atoms with E-state index in [4.69, 9.17) is 9.47 Å². The molecule has 7 heteroatoms. The second-order valence-corrected chi connectivity index (χ2v) is 7.86. The van der Waals surface area contributed by atoms with Gasteiger partial charge in [-0.2, -0.15) is 4.98 Å². The molecule has 2 aromatic carbocycles. The van der Waals surface area contributed by atoms with Crippen LogP contribution in [-0.2, 0) is 4.79 Å². The van der Waals surface area contributed by atoms with Gasteiger partial charge in [0, 0.05) is 25.9 Å². The van der Waals surface area contributed by atoms with E-state index in [-0.39, 0.29) is 24.4 Å². The van der Waals surface area contributed by atoms with Gasteiger partial charge in [0.05, 0.1) is 4.70 Å². The van der Waals surface area contributed by atoms with Gasteiger partial charge in [0.1, 0.15) is 23.2 Å². The van der Waals surface area contributed by atoms with Gasteiger partial charge in [0.15, 0.2) is 6.61 Å². The van der Waals surface area contributed by atoms with Crippen molar-refractivity contribution in [2.45, 2.75) is 25.9 Å². The number of para-hydroxylation sites is 1. The first-order valence-electron chi connectivity index (χ1n) is 9.27. The quantitative estimate of drug-likeness (QED) is 0.644. The smallest absolute Gasteiger partial charge is 0.274 e. The van der Waals surface area contributed by atoms with Gasteiger partial charge in [-0.05, 0) is 31.2 Å². The van der Waals surface area contributed by atoms with Crippen molar-refractivity contribution in [2.75, 3.05) is 19.7 Å². The van der Waals surface area contributed by atoms with Crippen LogP contribution in [0.2, 0.25) is 0 Å². The number of hydrogen-bond donors (Lipinski definition) is 0. The van der Waals surface area contributed by atoms with E-state index in [2.05, 4.69) is 4.98 Å². The van der Waals surface area contributed by atoms with Crippen LogP contribution in [0.1, 0.15) is 18.4 Å². The van der Waals surface area contributed by atoms with Crippen molar-refractivity contribution in [3.8, 4) is 10.9 Å². The lowest BCUT2D eigenvalue weighted by molar-refractivity contribution is -0.135. The Kier molecular flexibility index (Phi) is 5.43. The van der Waals surface area contributed by atoms with Crippen LogP contribution in [0.5, 0.6) is 10.9 Å². The largest absolute Gasteiger partial charge is 0.484 e. The van der Waals surface area contributed by atoms with Crippen LogP contribution in [-0.4, -0.2) is 41.6 Å². The average molecular weight is 400 g/mol. The Morgan fingerprint density at radius 3 is 2.68 bits per heavy atom. The minimum Gasteiger partial charge on any atom is -0.484 e. The first-order valence-corrected chi connectivity index (χ1v) is 10.1. The Labute approximate surface area is 166 Å². The lowest BCUT2D eigenvalue weighted by Gasteiger charge is -2.31. The van der Waals surface area contributed by atoms with Crippen LogP contribution in [0, 0.1) is 12.7 Å². The Balaban J connectivity index is 1.27. The van der Waals surface area contributed by atoms with Gasteiger partial charge in [0.25, 0.3) is 11.1 Å². The number of likely N-dealkylation sites (tertiary alicyclic amines) is 1. The molecule has 1 aliphatic rings. The van der Waals surface area contributed by atoms with Crippen molar-refractivity contribution < 1.29 is 18.7 Å². The maximum absolute atomic E-state index is 13.8. The molecule has 2 heterocycles. The fourth-order valence-electron chi connectivity index (χ4n) is 3.18. The summed E-state index contributed by atoms with van der Waals surface area (Å²) in [5.74, 6) is 0.332. The minimum atomic E-state index is -0.336. The number of carbonyl (C=O) groups excluding carboxylic acids is 1. The number of ether oxygens (including phenoxy) is 2. The van der Waals surface area contributed by atoms with Crippen molar-refractivity contribution in [2.24, 2.45) is 0 Å². The second-order valence-electron chi connectivity index (χ2n) is 6.87. The van der Waals surface area contributed by atoms with E-state index < -0.39 is 0 Å². The summed E-state index contributed by atoms with van der Waals surface area (Å²) in [6.07, 6.45) is 1.41. The topological polar surface area (TPSA) is 51.7 Å². The summed E-state index contributed by atoms with van der Waals surface area (Å²) >= 11 is 1.35. The van der Waals surface area contributed by atoms with Crippen molar-refractivity contribution in [3.63, 3.8) is 0 Å². The molecule has 5 nitrogen and oxygen atoms in total. The number of benzene rings is 2. The fraction of sp³-hybridized carbons (Fsp3) is 0.333. The Bertz CT molecular complexity index is 965. The number of fused-ring (bicyclic) bond motifs is 1. The van der Waals surface area contributed by atoms with Crippen LogP contribution in [0.25, 0.3) is 10.2 Å². The zero-order valence-electron chi connectivity index (χ0n) is 15.6. The lowest BCUT2D eigenvalue weighted by Crippen LogP contribution is -2.43. The molecule has 0 spiro atoms. The zero-order chi connectivity index (χ0) is 19.5. The summed E-state index contributed by atoms with van der Waals surface area (Å²) in [4.78, 5) is 18.4. The van der Waals surface area contributed by atoms with Gasteiger partial charge >= 0.3 is 0 Å². The molecule has 1 saturated heterocycles. The molecule has 1 aliphatic heterocycles. The van der Waals surface area contributed by atoms with Gasteiger partial charge in [0.2, 0.25) is 0 Å². The van der Waals surface area contributed by atoms with E-state index >= 15 is 0 Å². The minimum absolute atomic E-state index is 0.0225. The molecular weight excluding hydrogens is 379 g/mol. The average Bonchev–Trinajstić information content (AvgIpc) is 3.12. The number of carbonyl (C=O) groups is 1. The predicted octanol–water partition coefficient (Wildman–Crippen LogP) is 4.19. The Morgan fingerprint density at radius 2 is 1.96 bits per heavy atom. The standard InChI is InChI=1S/C21H21FN2O3S/c1-14-5-7-15(8-6-14)26-13-19(25)24-11-9-16(10-12-24)27-21-23-20-17(22)3-2-4-18(20)28-21/h2-8,16H,9-13H2,1H3. The van der Waals surface area contributed by atoms with Gasteiger partial charge in [-0.3, -0.25) is 4.79 Å². The molecule has 0 aliphatic carbocycles. The molecule has 1 amide bonds. The number of thiazole rings is 1. The van der Waals surface area contributed by atoms with Gasteiger partial charge < -0.3 is 14.4 Å². The van der Waals surface area contributed by atoms with Crippen LogP contribution >= 0.6 is 11.3 Å². The molecule has 28 heavy (non-hydrogen) atoms. The molecule has 0 unspecified atom stereocenters. The van der Waals surface area contributed by atoms with Gasteiger partial charge in [-0.1, -0.05) is 35.1 Å². The SMILES string of the molecule is Cc1ccc(OCC(=O)N2CCC(Oc3nc4c(F)cccc4s3)CC2)cc1. The van der Waals surface area contributed by atoms with Gasteiger partial charge in [-0.25, -0.2) is 4.39 Å². The summed E-state index contributed by atoms with van der Waals surface area (Å²) in [6, 6.07) is 12.5. The van der Waals surface area contributed by atoms with Crippen LogP contribution in [0.4, 0.5) is 4.39 Å². The number of nitrogens with zero attached hydrogens (tertiary/aromatic N) is 2. The molecule has 0 bridgehead atoms. The molecule has 0 atom stereocenters. The number of piperidine rings is 1. The van der Waals surface area contributed by atoms with Crippen molar-refractivity contribution >= 4 is 27.5 Å². The van der Waals surface area contributed by atoms with E-state index in [9.17, 15) is 9.18 Å². The molecule has 1 aromatic heterocycles. The monoisotopic (exact) mass is 400 g/mol. The number of halogens is 1. The molecule has 3 aromatic rings. The lowest BCUT2D eigenvalue weighted by atomic mass is 10.1. The van der Waals surface area contributed by atoms with E-state index in [0.717, 1.165) is 10.3 Å². The first kappa shape index (κ1) is 18.7. The van der Waals surface area contributed by atoms with E-state index in [1.807, 2.05) is 37.3 Å². The third kappa shape index (κ3) is 4.25. The molecule has 0 radical (unpaired) electrons. The van der Waals surface area contributed by atoms with Crippen LogP contribution in [0.3, 0.4) is 0 Å². The maximum atomic E-state index is 13.8. The third-order valence-electron chi connectivity index (χ3n) is 4.80. The van der Waals surface area contributed by atoms with E-state index in [0.29, 0.717) is 42.4 Å². The first-order chi connectivity index (χ1) is 13.6.